The predicted octanol–water partition coefficient (Wildman–Crippen LogP) is 2.09. The summed E-state index contributed by atoms with van der Waals surface area (Å²) in [5.41, 5.74) is 7.13. The summed E-state index contributed by atoms with van der Waals surface area (Å²) in [4.78, 5) is 14.8. The Hall–Kier alpha value is -1.75. The maximum absolute atomic E-state index is 12.4. The number of ether oxygens (including phenoxy) is 1. The minimum Gasteiger partial charge on any atom is -0.497 e. The van der Waals surface area contributed by atoms with E-state index in [1.807, 2.05) is 6.92 Å². The van der Waals surface area contributed by atoms with E-state index in [1.165, 1.54) is 19.3 Å². The van der Waals surface area contributed by atoms with Crippen LogP contribution in [-0.4, -0.2) is 36.5 Å². The number of likely N-dealkylation sites (tertiary alicyclic amines) is 1. The molecule has 1 saturated carbocycles. The van der Waals surface area contributed by atoms with Crippen LogP contribution in [0.4, 0.5) is 11.4 Å². The Balaban J connectivity index is 1.66. The average molecular weight is 289 g/mol. The maximum Gasteiger partial charge on any atom is 0.241 e. The van der Waals surface area contributed by atoms with Gasteiger partial charge in [0.2, 0.25) is 5.91 Å². The summed E-state index contributed by atoms with van der Waals surface area (Å²) in [6, 6.07) is 5.78. The van der Waals surface area contributed by atoms with Gasteiger partial charge in [0.05, 0.1) is 24.5 Å². The lowest BCUT2D eigenvalue weighted by molar-refractivity contribution is -0.121. The third kappa shape index (κ3) is 2.70. The highest BCUT2D eigenvalue weighted by Gasteiger charge is 2.41. The number of nitrogens with zero attached hydrogens (tertiary/aromatic N) is 1. The molecule has 1 aromatic carbocycles. The van der Waals surface area contributed by atoms with Gasteiger partial charge in [-0.15, -0.1) is 0 Å². The van der Waals surface area contributed by atoms with Gasteiger partial charge in [-0.1, -0.05) is 0 Å². The highest BCUT2D eigenvalue weighted by Crippen LogP contribution is 2.38. The summed E-state index contributed by atoms with van der Waals surface area (Å²) in [5, 5.41) is 2.94. The third-order valence-electron chi connectivity index (χ3n) is 4.85. The minimum atomic E-state index is -0.109. The van der Waals surface area contributed by atoms with Crippen molar-refractivity contribution in [2.45, 2.75) is 38.3 Å². The van der Waals surface area contributed by atoms with E-state index in [2.05, 4.69) is 10.2 Å². The van der Waals surface area contributed by atoms with Crippen molar-refractivity contribution in [2.24, 2.45) is 5.92 Å². The number of carbonyl (C=O) groups is 1. The molecular formula is C16H23N3O2. The first-order valence-electron chi connectivity index (χ1n) is 7.58. The Labute approximate surface area is 125 Å². The topological polar surface area (TPSA) is 67.6 Å². The number of amides is 1. The molecule has 5 nitrogen and oxygen atoms in total. The van der Waals surface area contributed by atoms with E-state index in [0.717, 1.165) is 12.5 Å². The molecule has 3 rings (SSSR count). The Bertz CT molecular complexity index is 546. The van der Waals surface area contributed by atoms with Crippen LogP contribution in [0.3, 0.4) is 0 Å². The van der Waals surface area contributed by atoms with Gasteiger partial charge in [-0.05, 0) is 44.2 Å². The van der Waals surface area contributed by atoms with Crippen LogP contribution in [0.25, 0.3) is 0 Å². The van der Waals surface area contributed by atoms with E-state index in [4.69, 9.17) is 10.5 Å². The van der Waals surface area contributed by atoms with E-state index in [0.29, 0.717) is 23.2 Å². The lowest BCUT2D eigenvalue weighted by Crippen LogP contribution is -2.46. The Kier molecular flexibility index (Phi) is 3.76. The first-order chi connectivity index (χ1) is 10.1. The van der Waals surface area contributed by atoms with Crippen LogP contribution in [0.1, 0.15) is 26.2 Å². The minimum absolute atomic E-state index is 0.0133. The van der Waals surface area contributed by atoms with Gasteiger partial charge in [-0.3, -0.25) is 9.69 Å². The molecule has 3 atom stereocenters. The van der Waals surface area contributed by atoms with Crippen molar-refractivity contribution in [3.8, 4) is 5.75 Å². The van der Waals surface area contributed by atoms with Crippen LogP contribution >= 0.6 is 0 Å². The van der Waals surface area contributed by atoms with Crippen molar-refractivity contribution >= 4 is 17.3 Å². The van der Waals surface area contributed by atoms with Gasteiger partial charge >= 0.3 is 0 Å². The van der Waals surface area contributed by atoms with E-state index in [9.17, 15) is 4.79 Å². The smallest absolute Gasteiger partial charge is 0.241 e. The third-order valence-corrected chi connectivity index (χ3v) is 4.85. The van der Waals surface area contributed by atoms with Crippen molar-refractivity contribution in [1.82, 2.24) is 4.90 Å². The van der Waals surface area contributed by atoms with Gasteiger partial charge in [0.1, 0.15) is 5.75 Å². The number of hydrogen-bond donors (Lipinski definition) is 2. The van der Waals surface area contributed by atoms with Crippen LogP contribution in [-0.2, 0) is 4.79 Å². The quantitative estimate of drug-likeness (QED) is 0.833. The molecule has 1 saturated heterocycles. The van der Waals surface area contributed by atoms with Gasteiger partial charge in [-0.2, -0.15) is 0 Å². The van der Waals surface area contributed by atoms with Crippen molar-refractivity contribution in [3.05, 3.63) is 18.2 Å². The molecule has 1 aliphatic heterocycles. The fourth-order valence-corrected chi connectivity index (χ4v) is 3.61. The lowest BCUT2D eigenvalue weighted by Gasteiger charge is -2.31. The fourth-order valence-electron chi connectivity index (χ4n) is 3.61. The van der Waals surface area contributed by atoms with E-state index < -0.39 is 0 Å². The number of nitrogens with two attached hydrogens (primary N) is 1. The Morgan fingerprint density at radius 3 is 2.86 bits per heavy atom. The van der Waals surface area contributed by atoms with E-state index >= 15 is 0 Å². The molecule has 5 heteroatoms. The molecule has 1 heterocycles. The van der Waals surface area contributed by atoms with Crippen molar-refractivity contribution in [2.75, 3.05) is 24.7 Å². The number of nitrogen functional groups attached to an aromatic ring is 1. The second-order valence-corrected chi connectivity index (χ2v) is 6.15. The molecule has 2 aliphatic rings. The normalized spacial score (nSPS) is 25.8. The second-order valence-electron chi connectivity index (χ2n) is 6.15. The number of nitrogens with one attached hydrogen (secondary N) is 1. The number of rotatable bonds is 4. The number of hydrogen-bond acceptors (Lipinski definition) is 4. The van der Waals surface area contributed by atoms with Crippen molar-refractivity contribution in [3.63, 3.8) is 0 Å². The lowest BCUT2D eigenvalue weighted by atomic mass is 10.1. The maximum atomic E-state index is 12.4. The molecule has 2 bridgehead atoms. The molecule has 21 heavy (non-hydrogen) atoms. The molecule has 0 aromatic heterocycles. The molecule has 3 unspecified atom stereocenters. The number of fused-ring (bicyclic) bond motifs is 2. The van der Waals surface area contributed by atoms with Crippen LogP contribution in [0.15, 0.2) is 18.2 Å². The monoisotopic (exact) mass is 289 g/mol. The average Bonchev–Trinajstić information content (AvgIpc) is 3.11. The van der Waals surface area contributed by atoms with Gasteiger partial charge < -0.3 is 15.8 Å². The summed E-state index contributed by atoms with van der Waals surface area (Å²) in [6.45, 7) is 3.03. The summed E-state index contributed by atoms with van der Waals surface area (Å²) < 4.78 is 5.12. The van der Waals surface area contributed by atoms with E-state index in [-0.39, 0.29) is 11.9 Å². The number of carbonyl (C=O) groups excluding carboxylic acids is 1. The zero-order valence-corrected chi connectivity index (χ0v) is 12.6. The number of methoxy groups -OCH3 is 1. The summed E-state index contributed by atoms with van der Waals surface area (Å²) in [7, 11) is 1.59. The zero-order valence-electron chi connectivity index (χ0n) is 12.6. The molecular weight excluding hydrogens is 266 g/mol. The predicted molar refractivity (Wildman–Crippen MR) is 83.3 cm³/mol. The molecule has 3 N–H and O–H groups in total. The SMILES string of the molecule is COc1ccc(NC(=O)C(C)N2CC3CCC2C3)c(N)c1. The van der Waals surface area contributed by atoms with E-state index in [1.54, 1.807) is 25.3 Å². The second kappa shape index (κ2) is 5.56. The fraction of sp³-hybridized carbons (Fsp3) is 0.562. The van der Waals surface area contributed by atoms with Gasteiger partial charge in [-0.25, -0.2) is 0 Å². The Morgan fingerprint density at radius 1 is 1.48 bits per heavy atom. The van der Waals surface area contributed by atoms with Crippen LogP contribution in [0.5, 0.6) is 5.75 Å². The van der Waals surface area contributed by atoms with Gasteiger partial charge in [0.25, 0.3) is 0 Å². The van der Waals surface area contributed by atoms with Crippen molar-refractivity contribution in [1.29, 1.82) is 0 Å². The van der Waals surface area contributed by atoms with Crippen LogP contribution in [0, 0.1) is 5.92 Å². The number of benzene rings is 1. The number of anilines is 2. The highest BCUT2D eigenvalue weighted by molar-refractivity contribution is 5.97. The Morgan fingerprint density at radius 2 is 2.29 bits per heavy atom. The largest absolute Gasteiger partial charge is 0.497 e. The molecule has 1 aromatic rings. The molecule has 114 valence electrons. The molecule has 2 fully saturated rings. The van der Waals surface area contributed by atoms with Crippen molar-refractivity contribution < 1.29 is 9.53 Å². The van der Waals surface area contributed by atoms with Gasteiger partial charge in [0, 0.05) is 18.7 Å². The van der Waals surface area contributed by atoms with Gasteiger partial charge in [0.15, 0.2) is 0 Å². The molecule has 1 amide bonds. The molecule has 0 radical (unpaired) electrons. The molecule has 0 spiro atoms. The van der Waals surface area contributed by atoms with Crippen LogP contribution in [0.2, 0.25) is 0 Å². The first-order valence-corrected chi connectivity index (χ1v) is 7.58. The van der Waals surface area contributed by atoms with Crippen LogP contribution < -0.4 is 15.8 Å². The summed E-state index contributed by atoms with van der Waals surface area (Å²) >= 11 is 0. The summed E-state index contributed by atoms with van der Waals surface area (Å²) in [5.74, 6) is 1.49. The number of piperidine rings is 1. The summed E-state index contributed by atoms with van der Waals surface area (Å²) in [6.07, 6.45) is 3.80. The highest BCUT2D eigenvalue weighted by atomic mass is 16.5. The first kappa shape index (κ1) is 14.2. The molecule has 1 aliphatic carbocycles. The standard InChI is InChI=1S/C16H23N3O2/c1-10(19-9-11-3-4-12(19)7-11)16(20)18-15-6-5-13(21-2)8-14(15)17/h5-6,8,10-12H,3-4,7,9,17H2,1-2H3,(H,18,20). The zero-order chi connectivity index (χ0) is 15.0.